The number of likely N-dealkylation sites (tertiary alicyclic amines) is 1. The Morgan fingerprint density at radius 2 is 2.35 bits per heavy atom. The van der Waals surface area contributed by atoms with Crippen molar-refractivity contribution in [2.75, 3.05) is 17.6 Å². The summed E-state index contributed by atoms with van der Waals surface area (Å²) in [7, 11) is 0. The molecule has 1 fully saturated rings. The number of nitrogen functional groups attached to an aromatic ring is 1. The second-order valence-electron chi connectivity index (χ2n) is 5.34. The van der Waals surface area contributed by atoms with Crippen molar-refractivity contribution in [1.82, 2.24) is 4.90 Å². The summed E-state index contributed by atoms with van der Waals surface area (Å²) in [6.45, 7) is 5.11. The molecule has 110 valence electrons. The van der Waals surface area contributed by atoms with Crippen molar-refractivity contribution >= 4 is 28.9 Å². The molecule has 1 aromatic carbocycles. The first kappa shape index (κ1) is 15.1. The molecular formula is C15H22ClN3O. The van der Waals surface area contributed by atoms with Gasteiger partial charge in [0.2, 0.25) is 5.91 Å². The Kier molecular flexibility index (Phi) is 4.89. The first-order chi connectivity index (χ1) is 9.52. The second-order valence-corrected chi connectivity index (χ2v) is 5.78. The first-order valence-corrected chi connectivity index (χ1v) is 7.52. The fraction of sp³-hybridized carbons (Fsp3) is 0.533. The number of amides is 1. The Balaban J connectivity index is 2.04. The normalized spacial score (nSPS) is 20.9. The van der Waals surface area contributed by atoms with Crippen molar-refractivity contribution in [2.45, 2.75) is 45.2 Å². The van der Waals surface area contributed by atoms with Gasteiger partial charge in [0.15, 0.2) is 0 Å². The molecule has 1 aliphatic heterocycles. The molecule has 1 amide bonds. The van der Waals surface area contributed by atoms with Gasteiger partial charge in [0, 0.05) is 11.1 Å². The molecule has 1 aromatic rings. The highest BCUT2D eigenvalue weighted by atomic mass is 35.5. The first-order valence-electron chi connectivity index (χ1n) is 7.14. The van der Waals surface area contributed by atoms with E-state index >= 15 is 0 Å². The maximum Gasteiger partial charge on any atom is 0.241 e. The topological polar surface area (TPSA) is 58.4 Å². The van der Waals surface area contributed by atoms with E-state index in [2.05, 4.69) is 17.1 Å². The van der Waals surface area contributed by atoms with Gasteiger partial charge in [0.1, 0.15) is 0 Å². The number of carbonyl (C=O) groups is 1. The molecule has 2 atom stereocenters. The van der Waals surface area contributed by atoms with E-state index in [-0.39, 0.29) is 11.9 Å². The summed E-state index contributed by atoms with van der Waals surface area (Å²) < 4.78 is 0. The van der Waals surface area contributed by atoms with E-state index in [1.165, 1.54) is 12.8 Å². The quantitative estimate of drug-likeness (QED) is 0.839. The van der Waals surface area contributed by atoms with E-state index in [0.717, 1.165) is 13.0 Å². The van der Waals surface area contributed by atoms with Gasteiger partial charge in [-0.2, -0.15) is 0 Å². The summed E-state index contributed by atoms with van der Waals surface area (Å²) in [6.07, 6.45) is 3.43. The van der Waals surface area contributed by atoms with Gasteiger partial charge in [-0.05, 0) is 50.9 Å². The Bertz CT molecular complexity index is 492. The number of rotatable bonds is 4. The molecule has 0 aromatic heterocycles. The molecular weight excluding hydrogens is 274 g/mol. The fourth-order valence-electron chi connectivity index (χ4n) is 2.84. The Hall–Kier alpha value is -1.26. The second kappa shape index (κ2) is 6.46. The number of hydrogen-bond acceptors (Lipinski definition) is 3. The molecule has 20 heavy (non-hydrogen) atoms. The Morgan fingerprint density at radius 1 is 1.60 bits per heavy atom. The summed E-state index contributed by atoms with van der Waals surface area (Å²) in [4.78, 5) is 14.6. The lowest BCUT2D eigenvalue weighted by atomic mass is 10.1. The van der Waals surface area contributed by atoms with Crippen LogP contribution in [0.2, 0.25) is 5.02 Å². The largest absolute Gasteiger partial charge is 0.397 e. The molecule has 2 unspecified atom stereocenters. The maximum absolute atomic E-state index is 12.4. The molecule has 1 heterocycles. The molecule has 0 bridgehead atoms. The van der Waals surface area contributed by atoms with Crippen LogP contribution >= 0.6 is 11.6 Å². The molecule has 3 N–H and O–H groups in total. The molecule has 0 saturated carbocycles. The fourth-order valence-corrected chi connectivity index (χ4v) is 3.02. The van der Waals surface area contributed by atoms with Gasteiger partial charge in [-0.15, -0.1) is 0 Å². The lowest BCUT2D eigenvalue weighted by molar-refractivity contribution is -0.121. The van der Waals surface area contributed by atoms with Crippen molar-refractivity contribution in [1.29, 1.82) is 0 Å². The predicted molar refractivity (Wildman–Crippen MR) is 84.0 cm³/mol. The van der Waals surface area contributed by atoms with Crippen LogP contribution in [0.3, 0.4) is 0 Å². The third-order valence-corrected chi connectivity index (χ3v) is 4.28. The summed E-state index contributed by atoms with van der Waals surface area (Å²) in [5, 5.41) is 3.46. The van der Waals surface area contributed by atoms with Crippen LogP contribution in [0.15, 0.2) is 18.2 Å². The van der Waals surface area contributed by atoms with Crippen LogP contribution in [-0.2, 0) is 4.79 Å². The maximum atomic E-state index is 12.4. The molecule has 0 spiro atoms. The van der Waals surface area contributed by atoms with Crippen LogP contribution in [0.25, 0.3) is 0 Å². The summed E-state index contributed by atoms with van der Waals surface area (Å²) in [6, 6.07) is 5.48. The number of nitrogens with two attached hydrogens (primary N) is 1. The van der Waals surface area contributed by atoms with Gasteiger partial charge in [-0.3, -0.25) is 9.69 Å². The predicted octanol–water partition coefficient (Wildman–Crippen LogP) is 3.12. The van der Waals surface area contributed by atoms with Crippen molar-refractivity contribution in [2.24, 2.45) is 0 Å². The zero-order valence-corrected chi connectivity index (χ0v) is 12.8. The lowest BCUT2D eigenvalue weighted by Crippen LogP contribution is -2.44. The van der Waals surface area contributed by atoms with Crippen molar-refractivity contribution < 1.29 is 4.79 Å². The van der Waals surface area contributed by atoms with Crippen molar-refractivity contribution in [3.8, 4) is 0 Å². The molecule has 1 saturated heterocycles. The summed E-state index contributed by atoms with van der Waals surface area (Å²) >= 11 is 5.86. The average Bonchev–Trinajstić information content (AvgIpc) is 2.89. The molecule has 0 aliphatic carbocycles. The number of carbonyl (C=O) groups excluding carboxylic acids is 1. The molecule has 2 rings (SSSR count). The number of anilines is 2. The van der Waals surface area contributed by atoms with Crippen molar-refractivity contribution in [3.05, 3.63) is 23.2 Å². The van der Waals surface area contributed by atoms with E-state index in [1.54, 1.807) is 18.2 Å². The number of nitrogens with one attached hydrogen (secondary N) is 1. The minimum absolute atomic E-state index is 0.0145. The number of halogens is 1. The molecule has 5 heteroatoms. The van der Waals surface area contributed by atoms with E-state index in [9.17, 15) is 4.79 Å². The van der Waals surface area contributed by atoms with Gasteiger partial charge >= 0.3 is 0 Å². The van der Waals surface area contributed by atoms with Gasteiger partial charge in [0.25, 0.3) is 0 Å². The Labute approximate surface area is 125 Å². The number of nitrogens with zero attached hydrogens (tertiary/aromatic N) is 1. The van der Waals surface area contributed by atoms with Crippen LogP contribution in [0.4, 0.5) is 11.4 Å². The minimum atomic E-state index is -0.141. The average molecular weight is 296 g/mol. The standard InChI is InChI=1S/C15H22ClN3O/c1-3-12-5-4-8-19(12)10(2)15(20)18-14-7-6-11(16)9-13(14)17/h6-7,9-10,12H,3-5,8,17H2,1-2H3,(H,18,20). The highest BCUT2D eigenvalue weighted by Crippen LogP contribution is 2.25. The highest BCUT2D eigenvalue weighted by Gasteiger charge is 2.30. The van der Waals surface area contributed by atoms with Gasteiger partial charge < -0.3 is 11.1 Å². The van der Waals surface area contributed by atoms with Gasteiger partial charge in [0.05, 0.1) is 17.4 Å². The smallest absolute Gasteiger partial charge is 0.241 e. The number of benzene rings is 1. The van der Waals surface area contributed by atoms with E-state index in [1.807, 2.05) is 6.92 Å². The molecule has 4 nitrogen and oxygen atoms in total. The monoisotopic (exact) mass is 295 g/mol. The Morgan fingerprint density at radius 3 is 3.00 bits per heavy atom. The van der Waals surface area contributed by atoms with Crippen LogP contribution in [0.1, 0.15) is 33.1 Å². The zero-order chi connectivity index (χ0) is 14.7. The minimum Gasteiger partial charge on any atom is -0.397 e. The van der Waals surface area contributed by atoms with E-state index in [0.29, 0.717) is 22.4 Å². The lowest BCUT2D eigenvalue weighted by Gasteiger charge is -2.29. The third-order valence-electron chi connectivity index (χ3n) is 4.04. The zero-order valence-electron chi connectivity index (χ0n) is 12.0. The van der Waals surface area contributed by atoms with Crippen LogP contribution in [0.5, 0.6) is 0 Å². The van der Waals surface area contributed by atoms with Gasteiger partial charge in [-0.1, -0.05) is 18.5 Å². The van der Waals surface area contributed by atoms with E-state index < -0.39 is 0 Å². The molecule has 0 radical (unpaired) electrons. The van der Waals surface area contributed by atoms with Crippen LogP contribution < -0.4 is 11.1 Å². The van der Waals surface area contributed by atoms with Crippen LogP contribution in [0, 0.1) is 0 Å². The van der Waals surface area contributed by atoms with Crippen LogP contribution in [-0.4, -0.2) is 29.4 Å². The molecule has 1 aliphatic rings. The van der Waals surface area contributed by atoms with Crippen molar-refractivity contribution in [3.63, 3.8) is 0 Å². The van der Waals surface area contributed by atoms with Gasteiger partial charge in [-0.25, -0.2) is 0 Å². The summed E-state index contributed by atoms with van der Waals surface area (Å²) in [5.41, 5.74) is 6.98. The summed E-state index contributed by atoms with van der Waals surface area (Å²) in [5.74, 6) is -0.0145. The third kappa shape index (κ3) is 3.25. The van der Waals surface area contributed by atoms with E-state index in [4.69, 9.17) is 17.3 Å². The highest BCUT2D eigenvalue weighted by molar-refractivity contribution is 6.31. The number of hydrogen-bond donors (Lipinski definition) is 2. The SMILES string of the molecule is CCC1CCCN1C(C)C(=O)Nc1ccc(Cl)cc1N.